The van der Waals surface area contributed by atoms with Crippen LogP contribution >= 0.6 is 11.3 Å². The van der Waals surface area contributed by atoms with E-state index in [1.807, 2.05) is 36.7 Å². The largest absolute Gasteiger partial charge is 0.385 e. The molecule has 0 saturated carbocycles. The molecule has 14 nitrogen and oxygen atoms in total. The number of anilines is 1. The van der Waals surface area contributed by atoms with E-state index in [0.717, 1.165) is 90.1 Å². The lowest BCUT2D eigenvalue weighted by Crippen LogP contribution is -2.54. The first kappa shape index (κ1) is 41.2. The molecule has 3 aliphatic heterocycles. The summed E-state index contributed by atoms with van der Waals surface area (Å²) in [6, 6.07) is 11.5. The number of likely N-dealkylation sites (tertiary alicyclic amines) is 1. The van der Waals surface area contributed by atoms with E-state index < -0.39 is 35.7 Å². The van der Waals surface area contributed by atoms with Crippen molar-refractivity contribution in [1.29, 1.82) is 0 Å². The lowest BCUT2D eigenvalue weighted by molar-refractivity contribution is -0.138. The normalized spacial score (nSPS) is 17.8. The number of unbranched alkanes of at least 4 members (excludes halogenated alkanes) is 7. The first-order valence-electron chi connectivity index (χ1n) is 20.0. The maximum atomic E-state index is 13.0. The molecule has 57 heavy (non-hydrogen) atoms. The third kappa shape index (κ3) is 10.5. The van der Waals surface area contributed by atoms with Gasteiger partial charge in [0.25, 0.3) is 11.8 Å². The second kappa shape index (κ2) is 19.6. The Morgan fingerprint density at radius 1 is 0.860 bits per heavy atom. The van der Waals surface area contributed by atoms with Crippen LogP contribution in [0.15, 0.2) is 48.0 Å². The van der Waals surface area contributed by atoms with E-state index in [0.29, 0.717) is 32.5 Å². The van der Waals surface area contributed by atoms with Gasteiger partial charge in [0.15, 0.2) is 0 Å². The van der Waals surface area contributed by atoms with E-state index in [9.17, 15) is 33.6 Å². The quantitative estimate of drug-likeness (QED) is 0.0971. The van der Waals surface area contributed by atoms with Crippen molar-refractivity contribution in [3.05, 3.63) is 70.4 Å². The minimum atomic E-state index is -0.980. The first-order chi connectivity index (χ1) is 27.6. The zero-order valence-corrected chi connectivity index (χ0v) is 33.2. The van der Waals surface area contributed by atoms with E-state index in [2.05, 4.69) is 26.3 Å². The van der Waals surface area contributed by atoms with Gasteiger partial charge in [-0.3, -0.25) is 43.8 Å². The van der Waals surface area contributed by atoms with Crippen molar-refractivity contribution in [2.24, 2.45) is 0 Å². The number of amides is 7. The van der Waals surface area contributed by atoms with Gasteiger partial charge in [0.1, 0.15) is 12.1 Å². The summed E-state index contributed by atoms with van der Waals surface area (Å²) in [4.78, 5) is 96.1. The topological polar surface area (TPSA) is 187 Å². The van der Waals surface area contributed by atoms with Crippen molar-refractivity contribution in [2.75, 3.05) is 25.0 Å². The highest BCUT2D eigenvalue weighted by Gasteiger charge is 2.44. The van der Waals surface area contributed by atoms with Gasteiger partial charge in [-0.05, 0) is 68.4 Å². The van der Waals surface area contributed by atoms with Gasteiger partial charge in [-0.1, -0.05) is 62.8 Å². The Balaban J connectivity index is 0.782. The molecular weight excluding hydrogens is 747 g/mol. The lowest BCUT2D eigenvalue weighted by Gasteiger charge is -2.27. The van der Waals surface area contributed by atoms with Crippen LogP contribution in [0.5, 0.6) is 0 Å². The standard InChI is InChI=1S/C42H51N7O7S/c1-27-38(57-26-46-27)29-15-13-28(14-16-29)24-45-39(53)33-11-10-22-48(33)37(52)25-44-35(50)12-8-6-4-2-3-5-7-9-21-43-30-17-18-31-32(23-30)42(56)49(41(31)55)34-19-20-36(51)47-40(34)54/h13-18,23,26,33-34,43H,2-12,19-22,24-25H2,1H3,(H,44,50)(H,45,53)(H,47,51,54)/t33-,34?/m0/s1. The zero-order chi connectivity index (χ0) is 40.3. The lowest BCUT2D eigenvalue weighted by atomic mass is 10.0. The molecule has 0 aliphatic carbocycles. The number of aryl methyl sites for hydroxylation is 1. The number of rotatable bonds is 19. The van der Waals surface area contributed by atoms with Gasteiger partial charge in [-0.2, -0.15) is 0 Å². The predicted octanol–water partition coefficient (Wildman–Crippen LogP) is 4.87. The van der Waals surface area contributed by atoms with Crippen LogP contribution in [0.25, 0.3) is 10.4 Å². The average molecular weight is 798 g/mol. The molecule has 0 spiro atoms. The smallest absolute Gasteiger partial charge is 0.262 e. The molecule has 4 N–H and O–H groups in total. The molecule has 302 valence electrons. The summed E-state index contributed by atoms with van der Waals surface area (Å²) in [7, 11) is 0. The van der Waals surface area contributed by atoms with Gasteiger partial charge in [-0.15, -0.1) is 11.3 Å². The summed E-state index contributed by atoms with van der Waals surface area (Å²) in [5.74, 6) is -2.63. The van der Waals surface area contributed by atoms with Crippen LogP contribution in [0.3, 0.4) is 0 Å². The number of nitrogens with one attached hydrogen (secondary N) is 4. The van der Waals surface area contributed by atoms with Crippen molar-refractivity contribution in [3.8, 4) is 10.4 Å². The van der Waals surface area contributed by atoms with Gasteiger partial charge in [-0.25, -0.2) is 4.98 Å². The molecule has 6 rings (SSSR count). The molecule has 1 aromatic heterocycles. The molecule has 2 aromatic carbocycles. The molecule has 2 atom stereocenters. The van der Waals surface area contributed by atoms with Gasteiger partial charge in [0, 0.05) is 38.2 Å². The summed E-state index contributed by atoms with van der Waals surface area (Å²) in [5, 5.41) is 11.2. The minimum Gasteiger partial charge on any atom is -0.385 e. The highest BCUT2D eigenvalue weighted by molar-refractivity contribution is 7.13. The first-order valence-corrected chi connectivity index (χ1v) is 20.9. The maximum Gasteiger partial charge on any atom is 0.262 e. The fourth-order valence-corrected chi connectivity index (χ4v) is 8.46. The number of hydrogen-bond acceptors (Lipinski definition) is 10. The summed E-state index contributed by atoms with van der Waals surface area (Å²) >= 11 is 1.60. The number of fused-ring (bicyclic) bond motifs is 1. The Morgan fingerprint density at radius 3 is 2.30 bits per heavy atom. The van der Waals surface area contributed by atoms with E-state index in [4.69, 9.17) is 0 Å². The van der Waals surface area contributed by atoms with Gasteiger partial charge >= 0.3 is 0 Å². The number of carbonyl (C=O) groups is 7. The second-order valence-corrected chi connectivity index (χ2v) is 15.8. The number of aromatic nitrogens is 1. The average Bonchev–Trinajstić information content (AvgIpc) is 3.93. The number of benzene rings is 2. The van der Waals surface area contributed by atoms with E-state index in [-0.39, 0.29) is 48.2 Å². The molecule has 2 saturated heterocycles. The Morgan fingerprint density at radius 2 is 1.58 bits per heavy atom. The third-order valence-electron chi connectivity index (χ3n) is 10.8. The highest BCUT2D eigenvalue weighted by atomic mass is 32.1. The second-order valence-electron chi connectivity index (χ2n) is 14.9. The summed E-state index contributed by atoms with van der Waals surface area (Å²) in [5.41, 5.74) is 6.14. The molecule has 7 amide bonds. The Bertz CT molecular complexity index is 1980. The molecule has 3 aliphatic rings. The Labute approximate surface area is 336 Å². The molecule has 15 heteroatoms. The molecule has 4 heterocycles. The van der Waals surface area contributed by atoms with Gasteiger partial charge in [0.05, 0.1) is 33.8 Å². The van der Waals surface area contributed by atoms with Crippen LogP contribution in [0.2, 0.25) is 0 Å². The molecular formula is C42H51N7O7S. The fourth-order valence-electron chi connectivity index (χ4n) is 7.65. The number of nitrogens with zero attached hydrogens (tertiary/aromatic N) is 3. The Hall–Kier alpha value is -5.44. The number of hydrogen-bond donors (Lipinski definition) is 4. The number of thiazole rings is 1. The fraction of sp³-hybridized carbons (Fsp3) is 0.476. The van der Waals surface area contributed by atoms with Crippen molar-refractivity contribution in [2.45, 2.75) is 109 Å². The van der Waals surface area contributed by atoms with Crippen LogP contribution in [-0.2, 0) is 30.5 Å². The van der Waals surface area contributed by atoms with Crippen LogP contribution in [0.1, 0.15) is 115 Å². The SMILES string of the molecule is Cc1ncsc1-c1ccc(CNC(=O)[C@@H]2CCCN2C(=O)CNC(=O)CCCCCCCCCCNc2ccc3c(c2)C(=O)N(C2CCC(=O)NC2=O)C3=O)cc1. The summed E-state index contributed by atoms with van der Waals surface area (Å²) in [6.07, 6.45) is 9.87. The van der Waals surface area contributed by atoms with Crippen LogP contribution in [-0.4, -0.2) is 87.9 Å². The maximum absolute atomic E-state index is 13.0. The van der Waals surface area contributed by atoms with Crippen LogP contribution in [0.4, 0.5) is 5.69 Å². The predicted molar refractivity (Wildman–Crippen MR) is 215 cm³/mol. The minimum absolute atomic E-state index is 0.0817. The molecule has 0 bridgehead atoms. The van der Waals surface area contributed by atoms with E-state index >= 15 is 0 Å². The molecule has 2 fully saturated rings. The third-order valence-corrected chi connectivity index (χ3v) is 11.8. The molecule has 3 aromatic rings. The van der Waals surface area contributed by atoms with E-state index in [1.165, 1.54) is 0 Å². The summed E-state index contributed by atoms with van der Waals surface area (Å²) < 4.78 is 0. The van der Waals surface area contributed by atoms with Crippen molar-refractivity contribution in [1.82, 2.24) is 30.7 Å². The van der Waals surface area contributed by atoms with E-state index in [1.54, 1.807) is 34.4 Å². The van der Waals surface area contributed by atoms with Crippen molar-refractivity contribution in [3.63, 3.8) is 0 Å². The number of carbonyl (C=O) groups excluding carboxylic acids is 7. The number of piperidine rings is 1. The monoisotopic (exact) mass is 797 g/mol. The van der Waals surface area contributed by atoms with Gasteiger partial charge in [0.2, 0.25) is 29.5 Å². The van der Waals surface area contributed by atoms with Crippen molar-refractivity contribution >= 4 is 58.4 Å². The molecule has 1 unspecified atom stereocenters. The van der Waals surface area contributed by atoms with Crippen molar-refractivity contribution < 1.29 is 33.6 Å². The molecule has 0 radical (unpaired) electrons. The highest BCUT2D eigenvalue weighted by Crippen LogP contribution is 2.30. The van der Waals surface area contributed by atoms with Crippen LogP contribution < -0.4 is 21.3 Å². The Kier molecular flexibility index (Phi) is 14.2. The number of imide groups is 2. The zero-order valence-electron chi connectivity index (χ0n) is 32.4. The van der Waals surface area contributed by atoms with Crippen LogP contribution in [0, 0.1) is 6.92 Å². The summed E-state index contributed by atoms with van der Waals surface area (Å²) in [6.45, 7) is 3.46. The van der Waals surface area contributed by atoms with Gasteiger partial charge < -0.3 is 20.9 Å².